The highest BCUT2D eigenvalue weighted by Gasteiger charge is 2.30. The average molecular weight is 259 g/mol. The molecule has 0 saturated carbocycles. The second kappa shape index (κ2) is 4.57. The van der Waals surface area contributed by atoms with Crippen LogP contribution in [0.1, 0.15) is 18.4 Å². The SMILES string of the molecule is Nc1ccc2c(c1)CC(=O)N2CC(=O)N1CCCC1. The van der Waals surface area contributed by atoms with Gasteiger partial charge in [0, 0.05) is 24.5 Å². The van der Waals surface area contributed by atoms with E-state index in [1.807, 2.05) is 17.0 Å². The van der Waals surface area contributed by atoms with Crippen molar-refractivity contribution in [2.75, 3.05) is 30.3 Å². The minimum Gasteiger partial charge on any atom is -0.399 e. The zero-order chi connectivity index (χ0) is 13.4. The van der Waals surface area contributed by atoms with E-state index in [9.17, 15) is 9.59 Å². The van der Waals surface area contributed by atoms with Crippen molar-refractivity contribution in [3.8, 4) is 0 Å². The summed E-state index contributed by atoms with van der Waals surface area (Å²) in [6.45, 7) is 1.78. The van der Waals surface area contributed by atoms with Crippen LogP contribution in [-0.2, 0) is 16.0 Å². The first kappa shape index (κ1) is 12.0. The van der Waals surface area contributed by atoms with Gasteiger partial charge >= 0.3 is 0 Å². The summed E-state index contributed by atoms with van der Waals surface area (Å²) in [5.41, 5.74) is 8.11. The highest BCUT2D eigenvalue weighted by atomic mass is 16.2. The maximum Gasteiger partial charge on any atom is 0.242 e. The second-order valence-electron chi connectivity index (χ2n) is 5.13. The molecule has 2 aliphatic heterocycles. The van der Waals surface area contributed by atoms with E-state index in [2.05, 4.69) is 0 Å². The largest absolute Gasteiger partial charge is 0.399 e. The van der Waals surface area contributed by atoms with Crippen LogP contribution in [0.15, 0.2) is 18.2 Å². The molecule has 0 radical (unpaired) electrons. The number of nitrogens with two attached hydrogens (primary N) is 1. The molecular formula is C14H17N3O2. The van der Waals surface area contributed by atoms with Gasteiger partial charge in [0.25, 0.3) is 0 Å². The number of hydrogen-bond donors (Lipinski definition) is 1. The number of nitrogens with zero attached hydrogens (tertiary/aromatic N) is 2. The van der Waals surface area contributed by atoms with E-state index in [0.717, 1.165) is 37.2 Å². The molecule has 0 spiro atoms. The monoisotopic (exact) mass is 259 g/mol. The lowest BCUT2D eigenvalue weighted by Crippen LogP contribution is -2.40. The van der Waals surface area contributed by atoms with E-state index in [1.54, 1.807) is 11.0 Å². The van der Waals surface area contributed by atoms with Crippen LogP contribution >= 0.6 is 0 Å². The van der Waals surface area contributed by atoms with Crippen molar-refractivity contribution in [1.29, 1.82) is 0 Å². The van der Waals surface area contributed by atoms with Crippen molar-refractivity contribution in [2.24, 2.45) is 0 Å². The Kier molecular flexibility index (Phi) is 2.89. The van der Waals surface area contributed by atoms with Gasteiger partial charge in [0.1, 0.15) is 6.54 Å². The molecule has 1 aromatic rings. The summed E-state index contributed by atoms with van der Waals surface area (Å²) in [6, 6.07) is 5.41. The summed E-state index contributed by atoms with van der Waals surface area (Å²) in [7, 11) is 0. The Morgan fingerprint density at radius 1 is 1.26 bits per heavy atom. The van der Waals surface area contributed by atoms with Crippen LogP contribution in [0.25, 0.3) is 0 Å². The molecular weight excluding hydrogens is 242 g/mol. The Bertz CT molecular complexity index is 535. The standard InChI is InChI=1S/C14H17N3O2/c15-11-3-4-12-10(7-11)8-13(18)17(12)9-14(19)16-5-1-2-6-16/h3-4,7H,1-2,5-6,8-9,15H2. The van der Waals surface area contributed by atoms with Crippen LogP contribution in [0.4, 0.5) is 11.4 Å². The summed E-state index contributed by atoms with van der Waals surface area (Å²) >= 11 is 0. The Hall–Kier alpha value is -2.04. The number of rotatable bonds is 2. The fourth-order valence-electron chi connectivity index (χ4n) is 2.78. The predicted octanol–water partition coefficient (Wildman–Crippen LogP) is 0.780. The van der Waals surface area contributed by atoms with Gasteiger partial charge in [-0.3, -0.25) is 9.59 Å². The maximum absolute atomic E-state index is 12.1. The van der Waals surface area contributed by atoms with Crippen molar-refractivity contribution in [2.45, 2.75) is 19.3 Å². The predicted molar refractivity (Wildman–Crippen MR) is 72.7 cm³/mol. The van der Waals surface area contributed by atoms with E-state index < -0.39 is 0 Å². The van der Waals surface area contributed by atoms with Gasteiger partial charge in [-0.2, -0.15) is 0 Å². The molecule has 19 heavy (non-hydrogen) atoms. The molecule has 0 aliphatic carbocycles. The third-order valence-electron chi connectivity index (χ3n) is 3.79. The van der Waals surface area contributed by atoms with Gasteiger partial charge in [0.15, 0.2) is 0 Å². The van der Waals surface area contributed by atoms with Gasteiger partial charge < -0.3 is 15.5 Å². The molecule has 100 valence electrons. The zero-order valence-electron chi connectivity index (χ0n) is 10.8. The molecule has 2 amide bonds. The fraction of sp³-hybridized carbons (Fsp3) is 0.429. The number of nitrogen functional groups attached to an aromatic ring is 1. The summed E-state index contributed by atoms with van der Waals surface area (Å²) in [4.78, 5) is 27.6. The van der Waals surface area contributed by atoms with Gasteiger partial charge in [0.2, 0.25) is 11.8 Å². The molecule has 2 N–H and O–H groups in total. The first-order valence-electron chi connectivity index (χ1n) is 6.62. The van der Waals surface area contributed by atoms with Crippen LogP contribution in [0, 0.1) is 0 Å². The second-order valence-corrected chi connectivity index (χ2v) is 5.13. The fourth-order valence-corrected chi connectivity index (χ4v) is 2.78. The molecule has 5 nitrogen and oxygen atoms in total. The molecule has 2 heterocycles. The van der Waals surface area contributed by atoms with E-state index in [1.165, 1.54) is 0 Å². The molecule has 0 bridgehead atoms. The zero-order valence-corrected chi connectivity index (χ0v) is 10.8. The van der Waals surface area contributed by atoms with E-state index in [4.69, 9.17) is 5.73 Å². The van der Waals surface area contributed by atoms with Crippen molar-refractivity contribution in [3.63, 3.8) is 0 Å². The van der Waals surface area contributed by atoms with Crippen molar-refractivity contribution < 1.29 is 9.59 Å². The van der Waals surface area contributed by atoms with Gasteiger partial charge in [-0.15, -0.1) is 0 Å². The molecule has 0 atom stereocenters. The Balaban J connectivity index is 1.78. The van der Waals surface area contributed by atoms with Crippen molar-refractivity contribution in [1.82, 2.24) is 4.90 Å². The van der Waals surface area contributed by atoms with Crippen LogP contribution in [0.2, 0.25) is 0 Å². The Morgan fingerprint density at radius 3 is 2.74 bits per heavy atom. The van der Waals surface area contributed by atoms with Gasteiger partial charge in [-0.1, -0.05) is 0 Å². The molecule has 1 aromatic carbocycles. The minimum absolute atomic E-state index is 0.0202. The molecule has 1 saturated heterocycles. The molecule has 0 aromatic heterocycles. The Labute approximate surface area is 112 Å². The van der Waals surface area contributed by atoms with Crippen LogP contribution in [-0.4, -0.2) is 36.3 Å². The number of amides is 2. The number of likely N-dealkylation sites (tertiary alicyclic amines) is 1. The number of anilines is 2. The quantitative estimate of drug-likeness (QED) is 0.798. The van der Waals surface area contributed by atoms with E-state index in [0.29, 0.717) is 12.1 Å². The van der Waals surface area contributed by atoms with Gasteiger partial charge in [0.05, 0.1) is 6.42 Å². The van der Waals surface area contributed by atoms with Crippen molar-refractivity contribution in [3.05, 3.63) is 23.8 Å². The van der Waals surface area contributed by atoms with Gasteiger partial charge in [-0.25, -0.2) is 0 Å². The summed E-state index contributed by atoms with van der Waals surface area (Å²) < 4.78 is 0. The van der Waals surface area contributed by atoms with Crippen LogP contribution in [0.3, 0.4) is 0 Å². The third-order valence-corrected chi connectivity index (χ3v) is 3.79. The smallest absolute Gasteiger partial charge is 0.242 e. The number of carbonyl (C=O) groups excluding carboxylic acids is 2. The van der Waals surface area contributed by atoms with Crippen LogP contribution < -0.4 is 10.6 Å². The normalized spacial score (nSPS) is 18.0. The van der Waals surface area contributed by atoms with E-state index >= 15 is 0 Å². The lowest BCUT2D eigenvalue weighted by molar-refractivity contribution is -0.130. The number of fused-ring (bicyclic) bond motifs is 1. The topological polar surface area (TPSA) is 66.6 Å². The van der Waals surface area contributed by atoms with Gasteiger partial charge in [-0.05, 0) is 36.6 Å². The number of hydrogen-bond acceptors (Lipinski definition) is 3. The first-order valence-corrected chi connectivity index (χ1v) is 6.62. The summed E-state index contributed by atoms with van der Waals surface area (Å²) in [5.74, 6) is 0.0173. The maximum atomic E-state index is 12.1. The number of benzene rings is 1. The Morgan fingerprint density at radius 2 is 2.00 bits per heavy atom. The lowest BCUT2D eigenvalue weighted by Gasteiger charge is -2.21. The molecule has 3 rings (SSSR count). The third kappa shape index (κ3) is 2.16. The lowest BCUT2D eigenvalue weighted by atomic mass is 10.1. The minimum atomic E-state index is -0.0202. The number of carbonyl (C=O) groups is 2. The average Bonchev–Trinajstić information content (AvgIpc) is 2.98. The highest BCUT2D eigenvalue weighted by molar-refractivity contribution is 6.05. The van der Waals surface area contributed by atoms with Crippen LogP contribution in [0.5, 0.6) is 0 Å². The molecule has 2 aliphatic rings. The molecule has 1 fully saturated rings. The summed E-state index contributed by atoms with van der Waals surface area (Å²) in [6.07, 6.45) is 2.47. The summed E-state index contributed by atoms with van der Waals surface area (Å²) in [5, 5.41) is 0. The van der Waals surface area contributed by atoms with Crippen molar-refractivity contribution >= 4 is 23.2 Å². The highest BCUT2D eigenvalue weighted by Crippen LogP contribution is 2.30. The molecule has 5 heteroatoms. The first-order chi connectivity index (χ1) is 9.15. The molecule has 0 unspecified atom stereocenters. The van der Waals surface area contributed by atoms with E-state index in [-0.39, 0.29) is 18.4 Å².